The zero-order valence-corrected chi connectivity index (χ0v) is 12.7. The minimum atomic E-state index is 0.323. The van der Waals surface area contributed by atoms with Gasteiger partial charge < -0.3 is 14.2 Å². The summed E-state index contributed by atoms with van der Waals surface area (Å²) in [5.74, 6) is 0.782. The van der Waals surface area contributed by atoms with Crippen LogP contribution in [0.25, 0.3) is 0 Å². The van der Waals surface area contributed by atoms with E-state index < -0.39 is 0 Å². The summed E-state index contributed by atoms with van der Waals surface area (Å²) in [5, 5.41) is 0. The summed E-state index contributed by atoms with van der Waals surface area (Å²) in [5.41, 5.74) is 0. The lowest BCUT2D eigenvalue weighted by Gasteiger charge is -2.08. The van der Waals surface area contributed by atoms with Crippen LogP contribution in [0.15, 0.2) is 0 Å². The van der Waals surface area contributed by atoms with Gasteiger partial charge in [0.1, 0.15) is 0 Å². The van der Waals surface area contributed by atoms with E-state index in [1.807, 2.05) is 0 Å². The summed E-state index contributed by atoms with van der Waals surface area (Å²) >= 11 is 0. The van der Waals surface area contributed by atoms with Crippen LogP contribution in [0.5, 0.6) is 0 Å². The molecule has 0 atom stereocenters. The molecule has 3 nitrogen and oxygen atoms in total. The molecule has 110 valence electrons. The summed E-state index contributed by atoms with van der Waals surface area (Å²) in [7, 11) is 0. The van der Waals surface area contributed by atoms with Gasteiger partial charge in [-0.05, 0) is 45.4 Å². The van der Waals surface area contributed by atoms with Crippen molar-refractivity contribution in [1.82, 2.24) is 0 Å². The molecule has 0 saturated carbocycles. The van der Waals surface area contributed by atoms with Crippen molar-refractivity contribution in [3.05, 3.63) is 0 Å². The minimum absolute atomic E-state index is 0.323. The Morgan fingerprint density at radius 1 is 0.667 bits per heavy atom. The average Bonchev–Trinajstić information content (AvgIpc) is 2.29. The van der Waals surface area contributed by atoms with E-state index in [1.165, 1.54) is 12.8 Å². The molecule has 0 bridgehead atoms. The molecule has 0 rings (SSSR count). The molecule has 0 fully saturated rings. The molecule has 0 N–H and O–H groups in total. The molecule has 0 unspecified atom stereocenters. The summed E-state index contributed by atoms with van der Waals surface area (Å²) in [6, 6.07) is 0. The fourth-order valence-corrected chi connectivity index (χ4v) is 1.54. The van der Waals surface area contributed by atoms with Gasteiger partial charge in [0.05, 0.1) is 6.10 Å². The predicted octanol–water partition coefficient (Wildman–Crippen LogP) is 3.66. The Kier molecular flexibility index (Phi) is 13.2. The maximum Gasteiger partial charge on any atom is 0.0518 e. The van der Waals surface area contributed by atoms with Crippen LogP contribution < -0.4 is 0 Å². The van der Waals surface area contributed by atoms with E-state index in [2.05, 4.69) is 27.7 Å². The van der Waals surface area contributed by atoms with Crippen molar-refractivity contribution in [2.24, 2.45) is 5.92 Å². The third kappa shape index (κ3) is 15.9. The van der Waals surface area contributed by atoms with Gasteiger partial charge in [0.25, 0.3) is 0 Å². The highest BCUT2D eigenvalue weighted by atomic mass is 16.5. The van der Waals surface area contributed by atoms with Crippen molar-refractivity contribution in [2.45, 2.75) is 59.5 Å². The van der Waals surface area contributed by atoms with Crippen molar-refractivity contribution in [1.29, 1.82) is 0 Å². The molecule has 0 saturated heterocycles. The molecule has 3 heteroatoms. The van der Waals surface area contributed by atoms with Crippen molar-refractivity contribution >= 4 is 0 Å². The van der Waals surface area contributed by atoms with Crippen LogP contribution in [-0.4, -0.2) is 39.1 Å². The lowest BCUT2D eigenvalue weighted by molar-refractivity contribution is 0.0435. The SMILES string of the molecule is CC(C)CCCOCCCOCCCOC(C)C. The van der Waals surface area contributed by atoms with Gasteiger partial charge in [0, 0.05) is 33.0 Å². The van der Waals surface area contributed by atoms with Crippen molar-refractivity contribution in [3.8, 4) is 0 Å². The monoisotopic (exact) mass is 260 g/mol. The van der Waals surface area contributed by atoms with Crippen molar-refractivity contribution in [2.75, 3.05) is 33.0 Å². The van der Waals surface area contributed by atoms with Gasteiger partial charge >= 0.3 is 0 Å². The normalized spacial score (nSPS) is 11.7. The van der Waals surface area contributed by atoms with Crippen LogP contribution in [0.2, 0.25) is 0 Å². The highest BCUT2D eigenvalue weighted by Crippen LogP contribution is 2.03. The number of hydrogen-bond acceptors (Lipinski definition) is 3. The van der Waals surface area contributed by atoms with Crippen LogP contribution >= 0.6 is 0 Å². The van der Waals surface area contributed by atoms with Crippen LogP contribution in [0.1, 0.15) is 53.4 Å². The highest BCUT2D eigenvalue weighted by molar-refractivity contribution is 4.45. The molecule has 0 aromatic heterocycles. The van der Waals surface area contributed by atoms with Crippen molar-refractivity contribution in [3.63, 3.8) is 0 Å². The van der Waals surface area contributed by atoms with E-state index in [9.17, 15) is 0 Å². The lowest BCUT2D eigenvalue weighted by atomic mass is 10.1. The quantitative estimate of drug-likeness (QED) is 0.473. The Labute approximate surface area is 113 Å². The first-order chi connectivity index (χ1) is 8.63. The minimum Gasteiger partial charge on any atom is -0.381 e. The van der Waals surface area contributed by atoms with E-state index in [-0.39, 0.29) is 0 Å². The highest BCUT2D eigenvalue weighted by Gasteiger charge is 1.95. The molecule has 0 spiro atoms. The average molecular weight is 260 g/mol. The molecule has 0 aromatic rings. The van der Waals surface area contributed by atoms with Gasteiger partial charge in [-0.3, -0.25) is 0 Å². The predicted molar refractivity (Wildman–Crippen MR) is 76.0 cm³/mol. The van der Waals surface area contributed by atoms with Gasteiger partial charge in [0.15, 0.2) is 0 Å². The number of ether oxygens (including phenoxy) is 3. The standard InChI is InChI=1S/C15H32O3/c1-14(2)8-5-9-16-10-6-11-17-12-7-13-18-15(3)4/h14-15H,5-13H2,1-4H3. The van der Waals surface area contributed by atoms with Crippen LogP contribution in [-0.2, 0) is 14.2 Å². The molecule has 0 aliphatic heterocycles. The lowest BCUT2D eigenvalue weighted by Crippen LogP contribution is -2.08. The fraction of sp³-hybridized carbons (Fsp3) is 1.00. The zero-order chi connectivity index (χ0) is 13.6. The zero-order valence-electron chi connectivity index (χ0n) is 12.7. The second-order valence-corrected chi connectivity index (χ2v) is 5.39. The van der Waals surface area contributed by atoms with E-state index in [4.69, 9.17) is 14.2 Å². The first-order valence-corrected chi connectivity index (χ1v) is 7.40. The molecular weight excluding hydrogens is 228 g/mol. The fourth-order valence-electron chi connectivity index (χ4n) is 1.54. The third-order valence-corrected chi connectivity index (χ3v) is 2.53. The smallest absolute Gasteiger partial charge is 0.0518 e. The van der Waals surface area contributed by atoms with E-state index in [1.54, 1.807) is 0 Å². The molecule has 0 radical (unpaired) electrons. The topological polar surface area (TPSA) is 27.7 Å². The molecule has 0 aliphatic carbocycles. The number of rotatable bonds is 13. The third-order valence-electron chi connectivity index (χ3n) is 2.53. The van der Waals surface area contributed by atoms with Gasteiger partial charge in [-0.25, -0.2) is 0 Å². The Morgan fingerprint density at radius 2 is 1.17 bits per heavy atom. The Bertz CT molecular complexity index is 140. The van der Waals surface area contributed by atoms with Crippen LogP contribution in [0.4, 0.5) is 0 Å². The first-order valence-electron chi connectivity index (χ1n) is 7.40. The first kappa shape index (κ1) is 17.9. The van der Waals surface area contributed by atoms with Crippen LogP contribution in [0, 0.1) is 5.92 Å². The van der Waals surface area contributed by atoms with Gasteiger partial charge in [0.2, 0.25) is 0 Å². The van der Waals surface area contributed by atoms with E-state index in [0.29, 0.717) is 6.10 Å². The molecule has 0 amide bonds. The molecule has 18 heavy (non-hydrogen) atoms. The molecular formula is C15H32O3. The maximum atomic E-state index is 5.54. The Morgan fingerprint density at radius 3 is 1.67 bits per heavy atom. The second-order valence-electron chi connectivity index (χ2n) is 5.39. The summed E-state index contributed by atoms with van der Waals surface area (Å²) in [4.78, 5) is 0. The summed E-state index contributed by atoms with van der Waals surface area (Å²) < 4.78 is 16.5. The molecule has 0 aliphatic rings. The summed E-state index contributed by atoms with van der Waals surface area (Å²) in [6.07, 6.45) is 4.72. The van der Waals surface area contributed by atoms with Gasteiger partial charge in [-0.15, -0.1) is 0 Å². The van der Waals surface area contributed by atoms with Crippen molar-refractivity contribution < 1.29 is 14.2 Å². The van der Waals surface area contributed by atoms with E-state index in [0.717, 1.165) is 51.8 Å². The van der Waals surface area contributed by atoms with Gasteiger partial charge in [-0.2, -0.15) is 0 Å². The Balaban J connectivity index is 2.95. The second kappa shape index (κ2) is 13.3. The number of hydrogen-bond donors (Lipinski definition) is 0. The largest absolute Gasteiger partial charge is 0.381 e. The van der Waals surface area contributed by atoms with Crippen LogP contribution in [0.3, 0.4) is 0 Å². The molecule has 0 aromatic carbocycles. The summed E-state index contributed by atoms with van der Waals surface area (Å²) in [6.45, 7) is 12.7. The van der Waals surface area contributed by atoms with E-state index >= 15 is 0 Å². The maximum absolute atomic E-state index is 5.54. The molecule has 0 heterocycles. The Hall–Kier alpha value is -0.120. The van der Waals surface area contributed by atoms with Gasteiger partial charge in [-0.1, -0.05) is 13.8 Å².